The maximum absolute atomic E-state index is 2.38. The van der Waals surface area contributed by atoms with Gasteiger partial charge >= 0.3 is 0 Å². The second-order valence-electron chi connectivity index (χ2n) is 12.9. The Bertz CT molecular complexity index is 1740. The Morgan fingerprint density at radius 1 is 0.522 bits per heavy atom. The van der Waals surface area contributed by atoms with Crippen molar-refractivity contribution >= 4 is 31.1 Å². The Labute approximate surface area is 301 Å². The Hall–Kier alpha value is -2.81. The van der Waals surface area contributed by atoms with Gasteiger partial charge in [0.25, 0.3) is 0 Å². The molecule has 6 aromatic rings. The van der Waals surface area contributed by atoms with E-state index in [9.17, 15) is 0 Å². The molecule has 2 radical (unpaired) electrons. The van der Waals surface area contributed by atoms with Gasteiger partial charge in [-0.1, -0.05) is 98.4 Å². The Morgan fingerprint density at radius 3 is 1.24 bits per heavy atom. The Kier molecular flexibility index (Phi) is 14.2. The van der Waals surface area contributed by atoms with Crippen molar-refractivity contribution in [2.24, 2.45) is 0 Å². The van der Waals surface area contributed by atoms with E-state index in [1.165, 1.54) is 114 Å². The van der Waals surface area contributed by atoms with Crippen molar-refractivity contribution in [2.75, 3.05) is 0 Å². The smallest absolute Gasteiger partial charge is 0.0307 e. The molecule has 0 aliphatic rings. The number of hydrogen-bond acceptors (Lipinski definition) is 0. The third-order valence-corrected chi connectivity index (χ3v) is 8.90. The first-order valence-corrected chi connectivity index (χ1v) is 18.7. The van der Waals surface area contributed by atoms with Gasteiger partial charge in [-0.2, -0.15) is 12.1 Å². The van der Waals surface area contributed by atoms with Gasteiger partial charge < -0.3 is 0 Å². The van der Waals surface area contributed by atoms with E-state index in [0.29, 0.717) is 0 Å². The molecule has 0 aliphatic carbocycles. The van der Waals surface area contributed by atoms with Crippen molar-refractivity contribution < 1.29 is 25.8 Å². The quantitative estimate of drug-likeness (QED) is 0.117. The molecule has 0 aliphatic heterocycles. The molecule has 0 N–H and O–H groups in total. The fourth-order valence-electron chi connectivity index (χ4n) is 6.57. The van der Waals surface area contributed by atoms with Gasteiger partial charge in [0, 0.05) is 35.4 Å². The third kappa shape index (κ3) is 8.75. The first-order valence-electron chi connectivity index (χ1n) is 16.7. The number of fused-ring (bicyclic) bond motifs is 2. The summed E-state index contributed by atoms with van der Waals surface area (Å²) in [5.74, 6) is 0. The molecule has 0 aromatic heterocycles. The first-order chi connectivity index (χ1) is 21.6. The van der Waals surface area contributed by atoms with Gasteiger partial charge in [0.15, 0.2) is 0 Å². The second-order valence-corrected chi connectivity index (χ2v) is 13.9. The summed E-state index contributed by atoms with van der Waals surface area (Å²) >= 11 is 0. The van der Waals surface area contributed by atoms with Crippen molar-refractivity contribution in [3.8, 4) is 22.3 Å². The van der Waals surface area contributed by atoms with E-state index in [1.54, 1.807) is 0 Å². The summed E-state index contributed by atoms with van der Waals surface area (Å²) in [4.78, 5) is 0. The van der Waals surface area contributed by atoms with Crippen LogP contribution in [0.1, 0.15) is 71.2 Å². The van der Waals surface area contributed by atoms with Crippen LogP contribution in [0, 0.1) is 41.5 Å². The predicted molar refractivity (Wildman–Crippen MR) is 204 cm³/mol. The minimum absolute atomic E-state index is 0. The molecule has 0 heterocycles. The minimum Gasteiger partial charge on any atom is -0.164 e. The first kappa shape index (κ1) is 37.6. The van der Waals surface area contributed by atoms with E-state index in [4.69, 9.17) is 0 Å². The molecule has 0 nitrogen and oxygen atoms in total. The van der Waals surface area contributed by atoms with Crippen molar-refractivity contribution in [3.05, 3.63) is 129 Å². The van der Waals surface area contributed by atoms with Gasteiger partial charge in [-0.3, -0.25) is 0 Å². The van der Waals surface area contributed by atoms with Gasteiger partial charge in [0.05, 0.1) is 0 Å². The zero-order chi connectivity index (χ0) is 32.7. The predicted octanol–water partition coefficient (Wildman–Crippen LogP) is 13.0. The maximum Gasteiger partial charge on any atom is 0.0307 e. The largest absolute Gasteiger partial charge is 0.164 e. The Balaban J connectivity index is 0.000000226. The average Bonchev–Trinajstić information content (AvgIpc) is 3.61. The normalized spacial score (nSPS) is 10.7. The molecule has 2 heteroatoms. The number of rotatable bonds is 6. The number of benzene rings is 4. The molecule has 46 heavy (non-hydrogen) atoms. The van der Waals surface area contributed by atoms with E-state index < -0.39 is 0 Å². The molecular weight excluding hydrogens is 735 g/mol. The van der Waals surface area contributed by atoms with Crippen LogP contribution in [0.3, 0.4) is 0 Å². The van der Waals surface area contributed by atoms with Crippen LogP contribution in [0.2, 0.25) is 13.1 Å². The molecular formula is C44H52HfSi-2. The summed E-state index contributed by atoms with van der Waals surface area (Å²) in [5.41, 5.74) is 16.7. The van der Waals surface area contributed by atoms with E-state index in [1.807, 2.05) is 0 Å². The van der Waals surface area contributed by atoms with Gasteiger partial charge in [-0.05, 0) is 87.8 Å². The molecule has 0 unspecified atom stereocenters. The van der Waals surface area contributed by atoms with Crippen LogP contribution in [0.4, 0.5) is 0 Å². The zero-order valence-electron chi connectivity index (χ0n) is 29.9. The van der Waals surface area contributed by atoms with Crippen molar-refractivity contribution in [1.82, 2.24) is 0 Å². The van der Waals surface area contributed by atoms with Crippen LogP contribution >= 0.6 is 0 Å². The second kappa shape index (κ2) is 17.4. The van der Waals surface area contributed by atoms with E-state index >= 15 is 0 Å². The zero-order valence-corrected chi connectivity index (χ0v) is 34.5. The third-order valence-electron chi connectivity index (χ3n) is 8.90. The van der Waals surface area contributed by atoms with Crippen molar-refractivity contribution in [2.45, 2.75) is 94.2 Å². The monoisotopic (exact) mass is 788 g/mol. The molecule has 0 saturated heterocycles. The van der Waals surface area contributed by atoms with Crippen molar-refractivity contribution in [1.29, 1.82) is 0 Å². The van der Waals surface area contributed by atoms with Crippen LogP contribution in [-0.4, -0.2) is 9.52 Å². The summed E-state index contributed by atoms with van der Waals surface area (Å²) in [6, 6.07) is 32.0. The Morgan fingerprint density at radius 2 is 0.891 bits per heavy atom. The molecule has 0 amide bonds. The molecule has 6 rings (SSSR count). The molecule has 6 aromatic carbocycles. The topological polar surface area (TPSA) is 0 Å². The van der Waals surface area contributed by atoms with Crippen LogP contribution in [-0.2, 0) is 38.7 Å². The van der Waals surface area contributed by atoms with Gasteiger partial charge in [-0.25, -0.2) is 0 Å². The number of hydrogen-bond donors (Lipinski definition) is 0. The molecule has 0 spiro atoms. The van der Waals surface area contributed by atoms with E-state index in [0.717, 1.165) is 9.52 Å². The molecule has 0 saturated carbocycles. The van der Waals surface area contributed by atoms with Crippen LogP contribution in [0.25, 0.3) is 43.8 Å². The maximum atomic E-state index is 2.38. The average molecular weight is 787 g/mol. The fourth-order valence-corrected chi connectivity index (χ4v) is 6.57. The fraction of sp³-hybridized carbons (Fsp3) is 0.318. The van der Waals surface area contributed by atoms with Crippen LogP contribution in [0.15, 0.2) is 84.9 Å². The van der Waals surface area contributed by atoms with Gasteiger partial charge in [-0.15, -0.1) is 69.1 Å². The molecule has 0 atom stereocenters. The molecule has 238 valence electrons. The summed E-state index contributed by atoms with van der Waals surface area (Å²) < 4.78 is 0. The van der Waals surface area contributed by atoms with E-state index in [2.05, 4.69) is 153 Å². The van der Waals surface area contributed by atoms with Crippen LogP contribution < -0.4 is 0 Å². The molecule has 0 bridgehead atoms. The van der Waals surface area contributed by atoms with Gasteiger partial charge in [0.2, 0.25) is 0 Å². The summed E-state index contributed by atoms with van der Waals surface area (Å²) in [5, 5.41) is 5.53. The standard InChI is InChI=1S/2C21H23.C2H6Si.Hf/c2*1-5-7-17-12-18-8-6-9-19(21(18)13-17)20-11-14(2)10-15(3)16(20)4;1-3-2;/h2*6,8-13H,5,7H2,1-4H3;1-2H3;/q2*-1;;. The molecule has 0 fully saturated rings. The summed E-state index contributed by atoms with van der Waals surface area (Å²) in [7, 11) is 1.08. The van der Waals surface area contributed by atoms with Crippen LogP contribution in [0.5, 0.6) is 0 Å². The minimum atomic E-state index is 0. The van der Waals surface area contributed by atoms with Gasteiger partial charge in [0.1, 0.15) is 0 Å². The van der Waals surface area contributed by atoms with E-state index in [-0.39, 0.29) is 25.8 Å². The van der Waals surface area contributed by atoms with Crippen molar-refractivity contribution in [3.63, 3.8) is 0 Å². The SMILES string of the molecule is CCCc1cc2c(-c3cc(C)cc(C)c3C)cccc2[cH-]1.CCCc1cc2c(-c3cc(C)cc(C)c3C)cccc2[cH-]1.C[Si]C.[Hf]. The number of aryl methyl sites for hydroxylation is 6. The summed E-state index contributed by atoms with van der Waals surface area (Å²) in [6.45, 7) is 22.0. The summed E-state index contributed by atoms with van der Waals surface area (Å²) in [6.07, 6.45) is 4.74.